The summed E-state index contributed by atoms with van der Waals surface area (Å²) in [6.07, 6.45) is 9.60. The van der Waals surface area contributed by atoms with E-state index in [-0.39, 0.29) is 6.03 Å². The minimum atomic E-state index is -0.0959. The summed E-state index contributed by atoms with van der Waals surface area (Å²) in [7, 11) is 0. The van der Waals surface area contributed by atoms with Crippen LogP contribution in [-0.2, 0) is 6.54 Å². The number of nitrogens with zero attached hydrogens (tertiary/aromatic N) is 1. The molecule has 0 saturated heterocycles. The van der Waals surface area contributed by atoms with Crippen molar-refractivity contribution < 1.29 is 4.79 Å². The zero-order valence-electron chi connectivity index (χ0n) is 11.4. The molecular formula is C15H23N3O. The van der Waals surface area contributed by atoms with Crippen LogP contribution in [0, 0.1) is 5.92 Å². The molecule has 0 aromatic carbocycles. The first-order valence-electron chi connectivity index (χ1n) is 7.26. The number of hydrogen-bond donors (Lipinski definition) is 2. The lowest BCUT2D eigenvalue weighted by Gasteiger charge is -2.21. The van der Waals surface area contributed by atoms with Crippen LogP contribution in [0.25, 0.3) is 0 Å². The van der Waals surface area contributed by atoms with Crippen LogP contribution in [0.5, 0.6) is 0 Å². The van der Waals surface area contributed by atoms with Crippen LogP contribution in [0.1, 0.15) is 44.2 Å². The van der Waals surface area contributed by atoms with Gasteiger partial charge in [-0.2, -0.15) is 0 Å². The van der Waals surface area contributed by atoms with Gasteiger partial charge >= 0.3 is 6.03 Å². The lowest BCUT2D eigenvalue weighted by molar-refractivity contribution is 0.238. The third-order valence-corrected chi connectivity index (χ3v) is 3.72. The van der Waals surface area contributed by atoms with Crippen LogP contribution in [0.2, 0.25) is 0 Å². The minimum Gasteiger partial charge on any atom is -0.338 e. The van der Waals surface area contributed by atoms with E-state index < -0.39 is 0 Å². The van der Waals surface area contributed by atoms with Gasteiger partial charge in [-0.3, -0.25) is 4.98 Å². The summed E-state index contributed by atoms with van der Waals surface area (Å²) in [6, 6.07) is 5.60. The molecule has 0 spiro atoms. The van der Waals surface area contributed by atoms with E-state index in [0.717, 1.165) is 24.6 Å². The lowest BCUT2D eigenvalue weighted by atomic mass is 9.87. The molecule has 1 aromatic heterocycles. The SMILES string of the molecule is O=C(NCCC1CCCCC1)NCc1ccccn1. The van der Waals surface area contributed by atoms with Gasteiger partial charge in [0, 0.05) is 12.7 Å². The summed E-state index contributed by atoms with van der Waals surface area (Å²) < 4.78 is 0. The maximum atomic E-state index is 11.6. The molecule has 104 valence electrons. The first-order valence-corrected chi connectivity index (χ1v) is 7.26. The van der Waals surface area contributed by atoms with Crippen LogP contribution in [0.4, 0.5) is 4.79 Å². The summed E-state index contributed by atoms with van der Waals surface area (Å²) in [5.74, 6) is 0.810. The molecule has 0 unspecified atom stereocenters. The number of aromatic nitrogens is 1. The molecule has 1 aromatic rings. The Bertz CT molecular complexity index is 374. The molecule has 1 saturated carbocycles. The molecule has 1 heterocycles. The van der Waals surface area contributed by atoms with E-state index in [9.17, 15) is 4.79 Å². The quantitative estimate of drug-likeness (QED) is 0.856. The van der Waals surface area contributed by atoms with E-state index in [1.807, 2.05) is 18.2 Å². The third-order valence-electron chi connectivity index (χ3n) is 3.72. The molecule has 2 rings (SSSR count). The van der Waals surface area contributed by atoms with E-state index in [1.54, 1.807) is 6.20 Å². The Morgan fingerprint density at radius 1 is 1.21 bits per heavy atom. The summed E-state index contributed by atoms with van der Waals surface area (Å²) >= 11 is 0. The largest absolute Gasteiger partial charge is 0.338 e. The zero-order chi connectivity index (χ0) is 13.3. The summed E-state index contributed by atoms with van der Waals surface area (Å²) in [6.45, 7) is 1.26. The van der Waals surface area contributed by atoms with Gasteiger partial charge < -0.3 is 10.6 Å². The van der Waals surface area contributed by atoms with Gasteiger partial charge in [0.15, 0.2) is 0 Å². The maximum Gasteiger partial charge on any atom is 0.315 e. The Kier molecular flexibility index (Phi) is 5.66. The fraction of sp³-hybridized carbons (Fsp3) is 0.600. The van der Waals surface area contributed by atoms with E-state index in [1.165, 1.54) is 32.1 Å². The topological polar surface area (TPSA) is 54.0 Å². The number of rotatable bonds is 5. The van der Waals surface area contributed by atoms with Crippen LogP contribution < -0.4 is 10.6 Å². The second kappa shape index (κ2) is 7.77. The van der Waals surface area contributed by atoms with Gasteiger partial charge in [-0.25, -0.2) is 4.79 Å². The van der Waals surface area contributed by atoms with Gasteiger partial charge in [0.25, 0.3) is 0 Å². The Morgan fingerprint density at radius 2 is 2.05 bits per heavy atom. The Morgan fingerprint density at radius 3 is 2.79 bits per heavy atom. The number of amides is 2. The smallest absolute Gasteiger partial charge is 0.315 e. The fourth-order valence-electron chi connectivity index (χ4n) is 2.60. The van der Waals surface area contributed by atoms with Gasteiger partial charge in [-0.15, -0.1) is 0 Å². The molecule has 19 heavy (non-hydrogen) atoms. The first kappa shape index (κ1) is 13.8. The number of hydrogen-bond acceptors (Lipinski definition) is 2. The van der Waals surface area contributed by atoms with Crippen molar-refractivity contribution in [3.05, 3.63) is 30.1 Å². The van der Waals surface area contributed by atoms with Crippen LogP contribution >= 0.6 is 0 Å². The molecule has 1 fully saturated rings. The monoisotopic (exact) mass is 261 g/mol. The third kappa shape index (κ3) is 5.28. The van der Waals surface area contributed by atoms with Gasteiger partial charge in [0.1, 0.15) is 0 Å². The number of urea groups is 1. The van der Waals surface area contributed by atoms with Gasteiger partial charge in [-0.05, 0) is 24.5 Å². The normalized spacial score (nSPS) is 16.0. The summed E-state index contributed by atoms with van der Waals surface area (Å²) in [5.41, 5.74) is 0.880. The minimum absolute atomic E-state index is 0.0959. The average molecular weight is 261 g/mol. The van der Waals surface area contributed by atoms with Crippen LogP contribution in [-0.4, -0.2) is 17.6 Å². The van der Waals surface area contributed by atoms with Crippen molar-refractivity contribution in [1.82, 2.24) is 15.6 Å². The highest BCUT2D eigenvalue weighted by molar-refractivity contribution is 5.73. The average Bonchev–Trinajstić information content (AvgIpc) is 2.47. The second-order valence-electron chi connectivity index (χ2n) is 5.22. The Labute approximate surface area is 115 Å². The summed E-state index contributed by atoms with van der Waals surface area (Å²) in [4.78, 5) is 15.8. The maximum absolute atomic E-state index is 11.6. The van der Waals surface area contributed by atoms with Crippen molar-refractivity contribution in [3.63, 3.8) is 0 Å². The van der Waals surface area contributed by atoms with Crippen molar-refractivity contribution in [1.29, 1.82) is 0 Å². The first-order chi connectivity index (χ1) is 9.34. The van der Waals surface area contributed by atoms with Crippen molar-refractivity contribution in [2.24, 2.45) is 5.92 Å². The second-order valence-corrected chi connectivity index (χ2v) is 5.22. The predicted octanol–water partition coefficient (Wildman–Crippen LogP) is 2.85. The van der Waals surface area contributed by atoms with E-state index >= 15 is 0 Å². The van der Waals surface area contributed by atoms with Crippen LogP contribution in [0.15, 0.2) is 24.4 Å². The van der Waals surface area contributed by atoms with Gasteiger partial charge in [-0.1, -0.05) is 38.2 Å². The number of nitrogens with one attached hydrogen (secondary N) is 2. The Balaban J connectivity index is 1.57. The van der Waals surface area contributed by atoms with Gasteiger partial charge in [0.05, 0.1) is 12.2 Å². The molecule has 0 aliphatic heterocycles. The molecule has 0 atom stereocenters. The highest BCUT2D eigenvalue weighted by atomic mass is 16.2. The standard InChI is InChI=1S/C15H23N3O/c19-15(18-12-14-8-4-5-10-16-14)17-11-9-13-6-2-1-3-7-13/h4-5,8,10,13H,1-3,6-7,9,11-12H2,(H2,17,18,19). The van der Waals surface area contributed by atoms with E-state index in [2.05, 4.69) is 15.6 Å². The zero-order valence-corrected chi connectivity index (χ0v) is 11.4. The number of carbonyl (C=O) groups excluding carboxylic acids is 1. The molecular weight excluding hydrogens is 238 g/mol. The highest BCUT2D eigenvalue weighted by Gasteiger charge is 2.13. The molecule has 1 aliphatic carbocycles. The van der Waals surface area contributed by atoms with Crippen molar-refractivity contribution in [2.75, 3.05) is 6.54 Å². The molecule has 0 bridgehead atoms. The highest BCUT2D eigenvalue weighted by Crippen LogP contribution is 2.25. The van der Waals surface area contributed by atoms with Crippen molar-refractivity contribution >= 4 is 6.03 Å². The molecule has 2 N–H and O–H groups in total. The van der Waals surface area contributed by atoms with Crippen LogP contribution in [0.3, 0.4) is 0 Å². The summed E-state index contributed by atoms with van der Waals surface area (Å²) in [5, 5.41) is 5.75. The van der Waals surface area contributed by atoms with Crippen molar-refractivity contribution in [2.45, 2.75) is 45.1 Å². The molecule has 4 nitrogen and oxygen atoms in total. The molecule has 1 aliphatic rings. The van der Waals surface area contributed by atoms with Gasteiger partial charge in [0.2, 0.25) is 0 Å². The number of pyridine rings is 1. The van der Waals surface area contributed by atoms with Crippen molar-refractivity contribution in [3.8, 4) is 0 Å². The molecule has 2 amide bonds. The Hall–Kier alpha value is -1.58. The molecule has 4 heteroatoms. The van der Waals surface area contributed by atoms with E-state index in [0.29, 0.717) is 6.54 Å². The predicted molar refractivity (Wildman–Crippen MR) is 75.7 cm³/mol. The fourth-order valence-corrected chi connectivity index (χ4v) is 2.60. The molecule has 0 radical (unpaired) electrons. The van der Waals surface area contributed by atoms with E-state index in [4.69, 9.17) is 0 Å². The number of carbonyl (C=O) groups is 1. The lowest BCUT2D eigenvalue weighted by Crippen LogP contribution is -2.36.